The van der Waals surface area contributed by atoms with E-state index in [2.05, 4.69) is 13.8 Å². The van der Waals surface area contributed by atoms with Crippen LogP contribution in [0.2, 0.25) is 0 Å². The molecule has 1 N–H and O–H groups in total. The molecule has 0 fully saturated rings. The summed E-state index contributed by atoms with van der Waals surface area (Å²) in [5.74, 6) is 0. The van der Waals surface area contributed by atoms with Crippen LogP contribution in [-0.2, 0) is 0 Å². The standard InChI is InChI=1S/C8H18O.H3P/c1-4-6-8(3,9)7-5-2;/h9H,4-7H2,1-3H3;1H3. The number of aliphatic hydroxyl groups is 1. The SMILES string of the molecule is CCCC(C)(O)CCC.P. The highest BCUT2D eigenvalue weighted by Gasteiger charge is 2.16. The van der Waals surface area contributed by atoms with Crippen molar-refractivity contribution in [3.8, 4) is 0 Å². The summed E-state index contributed by atoms with van der Waals surface area (Å²) in [7, 11) is 0. The van der Waals surface area contributed by atoms with Crippen molar-refractivity contribution in [2.24, 2.45) is 0 Å². The summed E-state index contributed by atoms with van der Waals surface area (Å²) < 4.78 is 0. The normalized spacial score (nSPS) is 10.8. The summed E-state index contributed by atoms with van der Waals surface area (Å²) in [6.07, 6.45) is 4.02. The molecule has 0 rings (SSSR count). The average molecular weight is 164 g/mol. The molecule has 0 amide bonds. The second-order valence-electron chi connectivity index (χ2n) is 3.00. The Morgan fingerprint density at radius 2 is 1.40 bits per heavy atom. The Morgan fingerprint density at radius 1 is 1.10 bits per heavy atom. The number of rotatable bonds is 4. The van der Waals surface area contributed by atoms with E-state index >= 15 is 0 Å². The summed E-state index contributed by atoms with van der Waals surface area (Å²) in [5.41, 5.74) is -0.399. The lowest BCUT2D eigenvalue weighted by Gasteiger charge is -2.21. The molecule has 0 aromatic carbocycles. The fourth-order valence-electron chi connectivity index (χ4n) is 1.20. The summed E-state index contributed by atoms with van der Waals surface area (Å²) >= 11 is 0. The lowest BCUT2D eigenvalue weighted by molar-refractivity contribution is 0.0406. The molecular weight excluding hydrogens is 143 g/mol. The third-order valence-electron chi connectivity index (χ3n) is 1.58. The summed E-state index contributed by atoms with van der Waals surface area (Å²) in [4.78, 5) is 0. The van der Waals surface area contributed by atoms with E-state index < -0.39 is 5.60 Å². The van der Waals surface area contributed by atoms with Crippen LogP contribution in [0.4, 0.5) is 0 Å². The van der Waals surface area contributed by atoms with Gasteiger partial charge in [-0.1, -0.05) is 26.7 Å². The van der Waals surface area contributed by atoms with E-state index in [0.717, 1.165) is 25.7 Å². The van der Waals surface area contributed by atoms with E-state index in [0.29, 0.717) is 0 Å². The first-order chi connectivity index (χ1) is 4.12. The summed E-state index contributed by atoms with van der Waals surface area (Å²) in [6.45, 7) is 6.12. The van der Waals surface area contributed by atoms with Crippen LogP contribution in [0.3, 0.4) is 0 Å². The second kappa shape index (κ2) is 6.12. The average Bonchev–Trinajstić information content (AvgIpc) is 1.64. The molecule has 1 unspecified atom stereocenters. The lowest BCUT2D eigenvalue weighted by atomic mass is 9.95. The molecule has 0 spiro atoms. The maximum absolute atomic E-state index is 9.51. The van der Waals surface area contributed by atoms with Gasteiger partial charge in [-0.15, -0.1) is 0 Å². The zero-order chi connectivity index (χ0) is 7.33. The van der Waals surface area contributed by atoms with Crippen molar-refractivity contribution < 1.29 is 5.11 Å². The number of hydrogen-bond donors (Lipinski definition) is 1. The van der Waals surface area contributed by atoms with Gasteiger partial charge in [0.15, 0.2) is 0 Å². The van der Waals surface area contributed by atoms with Gasteiger partial charge in [-0.05, 0) is 19.8 Å². The van der Waals surface area contributed by atoms with Crippen molar-refractivity contribution in [3.05, 3.63) is 0 Å². The van der Waals surface area contributed by atoms with Crippen LogP contribution < -0.4 is 0 Å². The van der Waals surface area contributed by atoms with Crippen molar-refractivity contribution in [1.29, 1.82) is 0 Å². The van der Waals surface area contributed by atoms with Gasteiger partial charge in [0.2, 0.25) is 0 Å². The van der Waals surface area contributed by atoms with Gasteiger partial charge in [-0.3, -0.25) is 0 Å². The molecule has 0 aromatic rings. The minimum atomic E-state index is -0.399. The summed E-state index contributed by atoms with van der Waals surface area (Å²) in [6, 6.07) is 0. The van der Waals surface area contributed by atoms with E-state index in [4.69, 9.17) is 0 Å². The maximum atomic E-state index is 9.51. The predicted octanol–water partition coefficient (Wildman–Crippen LogP) is 2.40. The zero-order valence-electron chi connectivity index (χ0n) is 7.48. The molecule has 0 saturated carbocycles. The Bertz CT molecular complexity index is 63.7. The molecule has 0 aromatic heterocycles. The molecule has 0 aliphatic heterocycles. The minimum Gasteiger partial charge on any atom is -0.390 e. The monoisotopic (exact) mass is 164 g/mol. The van der Waals surface area contributed by atoms with Crippen LogP contribution in [0.1, 0.15) is 46.5 Å². The molecule has 0 bridgehead atoms. The molecule has 64 valence electrons. The van der Waals surface area contributed by atoms with E-state index in [1.165, 1.54) is 0 Å². The highest BCUT2D eigenvalue weighted by molar-refractivity contribution is 6.92. The van der Waals surface area contributed by atoms with Gasteiger partial charge in [-0.25, -0.2) is 0 Å². The Morgan fingerprint density at radius 3 is 1.60 bits per heavy atom. The van der Waals surface area contributed by atoms with Crippen LogP contribution in [0.25, 0.3) is 0 Å². The van der Waals surface area contributed by atoms with Gasteiger partial charge >= 0.3 is 0 Å². The smallest absolute Gasteiger partial charge is 0.0619 e. The molecule has 2 heteroatoms. The minimum absolute atomic E-state index is 0. The van der Waals surface area contributed by atoms with Crippen molar-refractivity contribution in [3.63, 3.8) is 0 Å². The predicted molar refractivity (Wildman–Crippen MR) is 51.5 cm³/mol. The van der Waals surface area contributed by atoms with Crippen molar-refractivity contribution in [2.75, 3.05) is 0 Å². The van der Waals surface area contributed by atoms with Crippen molar-refractivity contribution in [2.45, 2.75) is 52.1 Å². The Hall–Kier alpha value is 0.390. The molecule has 0 heterocycles. The first-order valence-corrected chi connectivity index (χ1v) is 3.84. The molecule has 0 saturated heterocycles. The highest BCUT2D eigenvalue weighted by Crippen LogP contribution is 2.17. The van der Waals surface area contributed by atoms with Crippen LogP contribution >= 0.6 is 9.90 Å². The molecule has 0 radical (unpaired) electrons. The lowest BCUT2D eigenvalue weighted by Crippen LogP contribution is -2.22. The summed E-state index contributed by atoms with van der Waals surface area (Å²) in [5, 5.41) is 9.51. The molecule has 0 aliphatic rings. The van der Waals surface area contributed by atoms with Gasteiger partial charge in [0.25, 0.3) is 0 Å². The fraction of sp³-hybridized carbons (Fsp3) is 1.00. The molecule has 1 atom stereocenters. The van der Waals surface area contributed by atoms with Gasteiger partial charge in [0.1, 0.15) is 0 Å². The first-order valence-electron chi connectivity index (χ1n) is 3.84. The van der Waals surface area contributed by atoms with Gasteiger partial charge in [0, 0.05) is 0 Å². The Kier molecular flexibility index (Phi) is 7.97. The van der Waals surface area contributed by atoms with Crippen LogP contribution in [0, 0.1) is 0 Å². The van der Waals surface area contributed by atoms with Crippen LogP contribution in [0.5, 0.6) is 0 Å². The second-order valence-corrected chi connectivity index (χ2v) is 3.00. The Labute approximate surface area is 67.8 Å². The Balaban J connectivity index is 0. The van der Waals surface area contributed by atoms with E-state index in [-0.39, 0.29) is 9.90 Å². The van der Waals surface area contributed by atoms with Gasteiger partial charge in [0.05, 0.1) is 5.60 Å². The molecule has 1 nitrogen and oxygen atoms in total. The quantitative estimate of drug-likeness (QED) is 0.632. The van der Waals surface area contributed by atoms with Crippen molar-refractivity contribution >= 4 is 9.90 Å². The number of hydrogen-bond acceptors (Lipinski definition) is 1. The largest absolute Gasteiger partial charge is 0.390 e. The van der Waals surface area contributed by atoms with E-state index in [1.54, 1.807) is 0 Å². The zero-order valence-corrected chi connectivity index (χ0v) is 8.90. The van der Waals surface area contributed by atoms with Crippen LogP contribution in [0.15, 0.2) is 0 Å². The maximum Gasteiger partial charge on any atom is 0.0619 e. The highest BCUT2D eigenvalue weighted by atomic mass is 31.0. The van der Waals surface area contributed by atoms with Crippen molar-refractivity contribution in [1.82, 2.24) is 0 Å². The molecule has 10 heavy (non-hydrogen) atoms. The third kappa shape index (κ3) is 6.51. The van der Waals surface area contributed by atoms with E-state index in [9.17, 15) is 5.11 Å². The molecular formula is C8H21OP. The first kappa shape index (κ1) is 13.0. The van der Waals surface area contributed by atoms with Gasteiger partial charge < -0.3 is 5.11 Å². The topological polar surface area (TPSA) is 20.2 Å². The van der Waals surface area contributed by atoms with Gasteiger partial charge in [-0.2, -0.15) is 9.90 Å². The molecule has 0 aliphatic carbocycles. The van der Waals surface area contributed by atoms with E-state index in [1.807, 2.05) is 6.92 Å². The van der Waals surface area contributed by atoms with Crippen LogP contribution in [-0.4, -0.2) is 10.7 Å². The fourth-order valence-corrected chi connectivity index (χ4v) is 1.20. The third-order valence-corrected chi connectivity index (χ3v) is 1.58.